The number of halogens is 3. The normalized spacial score (nSPS) is 20.0. The van der Waals surface area contributed by atoms with Gasteiger partial charge in [-0.15, -0.1) is 5.10 Å². The molecule has 0 aliphatic carbocycles. The van der Waals surface area contributed by atoms with Gasteiger partial charge in [-0.25, -0.2) is 4.68 Å². The number of rotatable bonds is 3. The summed E-state index contributed by atoms with van der Waals surface area (Å²) in [6.07, 6.45) is -2.81. The Morgan fingerprint density at radius 3 is 2.67 bits per heavy atom. The summed E-state index contributed by atoms with van der Waals surface area (Å²) in [5.74, 6) is 0. The van der Waals surface area contributed by atoms with Crippen LogP contribution in [0.2, 0.25) is 0 Å². The minimum absolute atomic E-state index is 0.0247. The highest BCUT2D eigenvalue weighted by Crippen LogP contribution is 2.35. The third kappa shape index (κ3) is 3.14. The summed E-state index contributed by atoms with van der Waals surface area (Å²) in [5, 5.41) is 9.61. The van der Waals surface area contributed by atoms with Crippen molar-refractivity contribution in [2.24, 2.45) is 0 Å². The average Bonchev–Trinajstić information content (AvgIpc) is 2.77. The molecule has 2 heterocycles. The minimum Gasteiger partial charge on any atom is -0.381 e. The van der Waals surface area contributed by atoms with Gasteiger partial charge >= 0.3 is 6.18 Å². The van der Waals surface area contributed by atoms with E-state index >= 15 is 0 Å². The first-order chi connectivity index (χ1) is 8.48. The number of aromatic nitrogens is 4. The second-order valence-electron chi connectivity index (χ2n) is 4.05. The van der Waals surface area contributed by atoms with Gasteiger partial charge in [-0.05, 0) is 30.2 Å². The molecule has 1 atom stereocenters. The molecule has 0 bridgehead atoms. The summed E-state index contributed by atoms with van der Waals surface area (Å²) in [4.78, 5) is 0. The molecule has 1 aliphatic rings. The van der Waals surface area contributed by atoms with Crippen LogP contribution in [0.25, 0.3) is 0 Å². The van der Waals surface area contributed by atoms with Crippen LogP contribution >= 0.6 is 11.8 Å². The van der Waals surface area contributed by atoms with Crippen molar-refractivity contribution in [2.45, 2.75) is 42.4 Å². The predicted octanol–water partition coefficient (Wildman–Crippen LogP) is 2.07. The molecule has 102 valence electrons. The van der Waals surface area contributed by atoms with Crippen LogP contribution < -0.4 is 0 Å². The molecule has 9 heteroatoms. The molecule has 0 aromatic carbocycles. The Hall–Kier alpha value is -0.830. The standard InChI is InChI=1S/C9H13F3N4OS/c1-6(9(10,11)12)18-8-13-14-15-16(8)7-2-4-17-5-3-7/h6-7H,2-5H2,1H3/t6-/m1/s1. The summed E-state index contributed by atoms with van der Waals surface area (Å²) >= 11 is 0.638. The summed E-state index contributed by atoms with van der Waals surface area (Å²) in [6, 6.07) is 0.0247. The second-order valence-corrected chi connectivity index (χ2v) is 5.36. The van der Waals surface area contributed by atoms with Crippen molar-refractivity contribution in [1.82, 2.24) is 20.2 Å². The van der Waals surface area contributed by atoms with Crippen LogP contribution in [0.3, 0.4) is 0 Å². The number of hydrogen-bond donors (Lipinski definition) is 0. The van der Waals surface area contributed by atoms with E-state index in [2.05, 4.69) is 15.5 Å². The third-order valence-corrected chi connectivity index (χ3v) is 3.84. The smallest absolute Gasteiger partial charge is 0.381 e. The van der Waals surface area contributed by atoms with E-state index in [0.717, 1.165) is 19.8 Å². The lowest BCUT2D eigenvalue weighted by atomic mass is 10.1. The molecule has 0 saturated carbocycles. The maximum absolute atomic E-state index is 12.5. The monoisotopic (exact) mass is 282 g/mol. The fourth-order valence-electron chi connectivity index (χ4n) is 1.65. The molecule has 1 aromatic rings. The highest BCUT2D eigenvalue weighted by atomic mass is 32.2. The largest absolute Gasteiger partial charge is 0.400 e. The first-order valence-corrected chi connectivity index (χ1v) is 6.45. The lowest BCUT2D eigenvalue weighted by Gasteiger charge is -2.23. The molecular formula is C9H13F3N4OS. The topological polar surface area (TPSA) is 52.8 Å². The summed E-state index contributed by atoms with van der Waals surface area (Å²) in [7, 11) is 0. The van der Waals surface area contributed by atoms with Crippen LogP contribution in [-0.2, 0) is 4.74 Å². The van der Waals surface area contributed by atoms with E-state index in [4.69, 9.17) is 4.74 Å². The Labute approximate surface area is 106 Å². The molecule has 0 amide bonds. The molecule has 1 aromatic heterocycles. The number of thioether (sulfide) groups is 1. The Balaban J connectivity index is 2.07. The van der Waals surface area contributed by atoms with Gasteiger partial charge in [0.2, 0.25) is 5.16 Å². The van der Waals surface area contributed by atoms with Crippen LogP contribution in [0.15, 0.2) is 5.16 Å². The van der Waals surface area contributed by atoms with Gasteiger partial charge in [-0.2, -0.15) is 13.2 Å². The van der Waals surface area contributed by atoms with E-state index in [-0.39, 0.29) is 11.2 Å². The number of ether oxygens (including phenoxy) is 1. The fraction of sp³-hybridized carbons (Fsp3) is 0.889. The average molecular weight is 282 g/mol. The van der Waals surface area contributed by atoms with Gasteiger partial charge in [0, 0.05) is 13.2 Å². The summed E-state index contributed by atoms with van der Waals surface area (Å²) in [5.41, 5.74) is 0. The molecule has 1 saturated heterocycles. The highest BCUT2D eigenvalue weighted by Gasteiger charge is 2.38. The maximum Gasteiger partial charge on any atom is 0.400 e. The van der Waals surface area contributed by atoms with Crippen molar-refractivity contribution in [3.63, 3.8) is 0 Å². The van der Waals surface area contributed by atoms with E-state index in [1.165, 1.54) is 4.68 Å². The zero-order valence-electron chi connectivity index (χ0n) is 9.72. The minimum atomic E-state index is -4.25. The molecule has 0 radical (unpaired) electrons. The Bertz CT molecular complexity index is 391. The van der Waals surface area contributed by atoms with Gasteiger partial charge in [-0.3, -0.25) is 0 Å². The molecule has 1 fully saturated rings. The van der Waals surface area contributed by atoms with Crippen molar-refractivity contribution in [2.75, 3.05) is 13.2 Å². The van der Waals surface area contributed by atoms with E-state index in [1.54, 1.807) is 0 Å². The Morgan fingerprint density at radius 1 is 1.39 bits per heavy atom. The van der Waals surface area contributed by atoms with Crippen LogP contribution in [0.1, 0.15) is 25.8 Å². The first kappa shape index (κ1) is 13.6. The van der Waals surface area contributed by atoms with Gasteiger partial charge in [0.25, 0.3) is 0 Å². The predicted molar refractivity (Wildman–Crippen MR) is 58.3 cm³/mol. The van der Waals surface area contributed by atoms with Crippen molar-refractivity contribution in [3.8, 4) is 0 Å². The number of tetrazole rings is 1. The van der Waals surface area contributed by atoms with Crippen molar-refractivity contribution >= 4 is 11.8 Å². The molecule has 0 N–H and O–H groups in total. The maximum atomic E-state index is 12.5. The summed E-state index contributed by atoms with van der Waals surface area (Å²) < 4.78 is 44.2. The molecule has 0 unspecified atom stereocenters. The van der Waals surface area contributed by atoms with E-state index < -0.39 is 11.4 Å². The zero-order chi connectivity index (χ0) is 13.2. The lowest BCUT2D eigenvalue weighted by molar-refractivity contribution is -0.125. The number of alkyl halides is 3. The molecular weight excluding hydrogens is 269 g/mol. The fourth-order valence-corrected chi connectivity index (χ4v) is 2.47. The molecule has 1 aliphatic heterocycles. The molecule has 0 spiro atoms. The van der Waals surface area contributed by atoms with E-state index in [9.17, 15) is 13.2 Å². The molecule has 2 rings (SSSR count). The van der Waals surface area contributed by atoms with Gasteiger partial charge in [0.15, 0.2) is 0 Å². The Kier molecular flexibility index (Phi) is 4.10. The van der Waals surface area contributed by atoms with Crippen LogP contribution in [-0.4, -0.2) is 44.8 Å². The van der Waals surface area contributed by atoms with E-state index in [0.29, 0.717) is 25.0 Å². The summed E-state index contributed by atoms with van der Waals surface area (Å²) in [6.45, 7) is 2.28. The van der Waals surface area contributed by atoms with Crippen molar-refractivity contribution < 1.29 is 17.9 Å². The second kappa shape index (κ2) is 5.43. The van der Waals surface area contributed by atoms with Gasteiger partial charge in [-0.1, -0.05) is 11.8 Å². The third-order valence-electron chi connectivity index (χ3n) is 2.74. The SMILES string of the molecule is C[C@@H](Sc1nnnn1C1CCOCC1)C(F)(F)F. The van der Waals surface area contributed by atoms with Crippen molar-refractivity contribution in [1.29, 1.82) is 0 Å². The lowest BCUT2D eigenvalue weighted by Crippen LogP contribution is -2.25. The van der Waals surface area contributed by atoms with Gasteiger partial charge in [0.05, 0.1) is 6.04 Å². The Morgan fingerprint density at radius 2 is 2.06 bits per heavy atom. The first-order valence-electron chi connectivity index (χ1n) is 5.57. The van der Waals surface area contributed by atoms with Crippen LogP contribution in [0.4, 0.5) is 13.2 Å². The van der Waals surface area contributed by atoms with Gasteiger partial charge < -0.3 is 4.74 Å². The number of nitrogens with zero attached hydrogens (tertiary/aromatic N) is 4. The molecule has 5 nitrogen and oxygen atoms in total. The zero-order valence-corrected chi connectivity index (χ0v) is 10.5. The van der Waals surface area contributed by atoms with Crippen molar-refractivity contribution in [3.05, 3.63) is 0 Å². The van der Waals surface area contributed by atoms with Crippen LogP contribution in [0.5, 0.6) is 0 Å². The highest BCUT2D eigenvalue weighted by molar-refractivity contribution is 7.99. The quantitative estimate of drug-likeness (QED) is 0.794. The molecule has 18 heavy (non-hydrogen) atoms. The number of hydrogen-bond acceptors (Lipinski definition) is 5. The van der Waals surface area contributed by atoms with Gasteiger partial charge in [0.1, 0.15) is 5.25 Å². The van der Waals surface area contributed by atoms with Crippen LogP contribution in [0, 0.1) is 0 Å². The van der Waals surface area contributed by atoms with E-state index in [1.807, 2.05) is 0 Å².